The van der Waals surface area contributed by atoms with E-state index in [4.69, 9.17) is 17.0 Å². The van der Waals surface area contributed by atoms with Crippen LogP contribution in [0, 0.1) is 0 Å². The van der Waals surface area contributed by atoms with E-state index in [2.05, 4.69) is 28.2 Å². The molecule has 0 unspecified atom stereocenters. The standard InChI is InChI=1S/C22H21BrN2O3S/c1-4-14-5-8-16(9-6-14)25-21(27)17(20(26)24-22(25)29)11-15-7-10-19(18(23)12-15)28-13(2)3/h5-13H,4H2,1-3H3,(H,24,26,29). The average molecular weight is 473 g/mol. The third-order valence-corrected chi connectivity index (χ3v) is 5.24. The fourth-order valence-electron chi connectivity index (χ4n) is 2.90. The Kier molecular flexibility index (Phi) is 6.49. The number of thiocarbonyl (C=S) groups is 1. The molecule has 2 aromatic carbocycles. The highest BCUT2D eigenvalue weighted by molar-refractivity contribution is 9.10. The van der Waals surface area contributed by atoms with Gasteiger partial charge in [0.25, 0.3) is 11.8 Å². The van der Waals surface area contributed by atoms with Crippen molar-refractivity contribution >= 4 is 56.8 Å². The highest BCUT2D eigenvalue weighted by Gasteiger charge is 2.34. The first-order chi connectivity index (χ1) is 13.8. The quantitative estimate of drug-likeness (QED) is 0.391. The third-order valence-electron chi connectivity index (χ3n) is 4.33. The summed E-state index contributed by atoms with van der Waals surface area (Å²) in [5.41, 5.74) is 2.48. The lowest BCUT2D eigenvalue weighted by Gasteiger charge is -2.29. The number of benzene rings is 2. The van der Waals surface area contributed by atoms with Gasteiger partial charge in [0.15, 0.2) is 5.11 Å². The van der Waals surface area contributed by atoms with Gasteiger partial charge in [-0.05, 0) is 89.9 Å². The smallest absolute Gasteiger partial charge is 0.270 e. The van der Waals surface area contributed by atoms with Crippen LogP contribution in [0.3, 0.4) is 0 Å². The molecule has 150 valence electrons. The van der Waals surface area contributed by atoms with Crippen LogP contribution < -0.4 is 15.0 Å². The summed E-state index contributed by atoms with van der Waals surface area (Å²) >= 11 is 8.71. The van der Waals surface area contributed by atoms with Crippen LogP contribution in [0.1, 0.15) is 31.9 Å². The van der Waals surface area contributed by atoms with Gasteiger partial charge >= 0.3 is 0 Å². The number of rotatable bonds is 5. The average Bonchev–Trinajstić information content (AvgIpc) is 2.67. The van der Waals surface area contributed by atoms with Gasteiger partial charge in [-0.3, -0.25) is 19.8 Å². The Bertz CT molecular complexity index is 1000. The van der Waals surface area contributed by atoms with Crippen molar-refractivity contribution in [2.24, 2.45) is 0 Å². The lowest BCUT2D eigenvalue weighted by atomic mass is 10.1. The van der Waals surface area contributed by atoms with Gasteiger partial charge < -0.3 is 4.74 Å². The highest BCUT2D eigenvalue weighted by atomic mass is 79.9. The van der Waals surface area contributed by atoms with Crippen molar-refractivity contribution in [1.82, 2.24) is 5.32 Å². The van der Waals surface area contributed by atoms with Gasteiger partial charge in [-0.2, -0.15) is 0 Å². The number of carbonyl (C=O) groups excluding carboxylic acids is 2. The maximum atomic E-state index is 13.1. The molecule has 0 radical (unpaired) electrons. The van der Waals surface area contributed by atoms with Crippen LogP contribution in [-0.4, -0.2) is 23.0 Å². The molecule has 2 aromatic rings. The molecule has 1 fully saturated rings. The molecule has 1 N–H and O–H groups in total. The highest BCUT2D eigenvalue weighted by Crippen LogP contribution is 2.29. The number of nitrogens with one attached hydrogen (secondary N) is 1. The normalized spacial score (nSPS) is 15.8. The number of halogens is 1. The van der Waals surface area contributed by atoms with Crippen LogP contribution in [0.5, 0.6) is 5.75 Å². The van der Waals surface area contributed by atoms with Crippen LogP contribution in [-0.2, 0) is 16.0 Å². The van der Waals surface area contributed by atoms with Crippen LogP contribution in [0.25, 0.3) is 6.08 Å². The lowest BCUT2D eigenvalue weighted by molar-refractivity contribution is -0.122. The Hall–Kier alpha value is -2.51. The Morgan fingerprint density at radius 3 is 2.45 bits per heavy atom. The number of carbonyl (C=O) groups is 2. The van der Waals surface area contributed by atoms with E-state index in [9.17, 15) is 9.59 Å². The van der Waals surface area contributed by atoms with Crippen molar-refractivity contribution in [1.29, 1.82) is 0 Å². The molecule has 0 aliphatic carbocycles. The molecule has 1 aliphatic rings. The monoisotopic (exact) mass is 472 g/mol. The molecule has 5 nitrogen and oxygen atoms in total. The van der Waals surface area contributed by atoms with E-state index in [1.54, 1.807) is 24.3 Å². The summed E-state index contributed by atoms with van der Waals surface area (Å²) in [7, 11) is 0. The zero-order valence-electron chi connectivity index (χ0n) is 16.4. The van der Waals surface area contributed by atoms with Crippen LogP contribution >= 0.6 is 28.1 Å². The number of anilines is 1. The first-order valence-electron chi connectivity index (χ1n) is 9.26. The number of hydrogen-bond acceptors (Lipinski definition) is 4. The van der Waals surface area contributed by atoms with Gasteiger partial charge in [-0.25, -0.2) is 0 Å². The fourth-order valence-corrected chi connectivity index (χ4v) is 3.67. The summed E-state index contributed by atoms with van der Waals surface area (Å²) in [6.07, 6.45) is 2.48. The van der Waals surface area contributed by atoms with Crippen LogP contribution in [0.2, 0.25) is 0 Å². The molecular formula is C22H21BrN2O3S. The van der Waals surface area contributed by atoms with Gasteiger partial charge in [0.1, 0.15) is 11.3 Å². The fraction of sp³-hybridized carbons (Fsp3) is 0.227. The molecule has 3 rings (SSSR count). The van der Waals surface area contributed by atoms with E-state index >= 15 is 0 Å². The van der Waals surface area contributed by atoms with Crippen molar-refractivity contribution in [2.45, 2.75) is 33.3 Å². The summed E-state index contributed by atoms with van der Waals surface area (Å²) in [6.45, 7) is 5.94. The van der Waals surface area contributed by atoms with Gasteiger partial charge in [0, 0.05) is 0 Å². The zero-order valence-corrected chi connectivity index (χ0v) is 18.8. The molecule has 29 heavy (non-hydrogen) atoms. The topological polar surface area (TPSA) is 58.6 Å². The van der Waals surface area contributed by atoms with Gasteiger partial charge in [0.2, 0.25) is 0 Å². The van der Waals surface area contributed by atoms with Crippen molar-refractivity contribution in [3.8, 4) is 5.75 Å². The summed E-state index contributed by atoms with van der Waals surface area (Å²) in [5, 5.41) is 2.67. The molecule has 1 saturated heterocycles. The van der Waals surface area contributed by atoms with Crippen molar-refractivity contribution < 1.29 is 14.3 Å². The maximum Gasteiger partial charge on any atom is 0.270 e. The van der Waals surface area contributed by atoms with Gasteiger partial charge in [-0.15, -0.1) is 0 Å². The Morgan fingerprint density at radius 2 is 1.86 bits per heavy atom. The summed E-state index contributed by atoms with van der Waals surface area (Å²) < 4.78 is 6.44. The Morgan fingerprint density at radius 1 is 1.17 bits per heavy atom. The van der Waals surface area contributed by atoms with E-state index in [-0.39, 0.29) is 16.8 Å². The Labute approximate surface area is 183 Å². The molecule has 0 bridgehead atoms. The minimum Gasteiger partial charge on any atom is -0.490 e. The third kappa shape index (κ3) is 4.74. The van der Waals surface area contributed by atoms with Gasteiger partial charge in [0.05, 0.1) is 16.3 Å². The first kappa shape index (κ1) is 21.2. The molecule has 0 spiro atoms. The number of ether oxygens (including phenoxy) is 1. The zero-order chi connectivity index (χ0) is 21.1. The molecule has 0 saturated carbocycles. The van der Waals surface area contributed by atoms with E-state index in [1.165, 1.54) is 4.90 Å². The predicted octanol–water partition coefficient (Wildman–Crippen LogP) is 4.63. The molecule has 2 amide bonds. The molecule has 0 aromatic heterocycles. The molecule has 1 aliphatic heterocycles. The summed E-state index contributed by atoms with van der Waals surface area (Å²) in [6, 6.07) is 12.9. The first-order valence-corrected chi connectivity index (χ1v) is 10.5. The number of hydrogen-bond donors (Lipinski definition) is 1. The van der Waals surface area contributed by atoms with Crippen LogP contribution in [0.15, 0.2) is 52.5 Å². The number of aryl methyl sites for hydroxylation is 1. The van der Waals surface area contributed by atoms with Crippen molar-refractivity contribution in [3.63, 3.8) is 0 Å². The molecular weight excluding hydrogens is 452 g/mol. The maximum absolute atomic E-state index is 13.1. The summed E-state index contributed by atoms with van der Waals surface area (Å²) in [5.74, 6) is -0.276. The van der Waals surface area contributed by atoms with Crippen molar-refractivity contribution in [2.75, 3.05) is 4.90 Å². The minimum absolute atomic E-state index is 0.0163. The molecule has 0 atom stereocenters. The lowest BCUT2D eigenvalue weighted by Crippen LogP contribution is -2.54. The second-order valence-electron chi connectivity index (χ2n) is 6.83. The van der Waals surface area contributed by atoms with Crippen molar-refractivity contribution in [3.05, 3.63) is 63.6 Å². The van der Waals surface area contributed by atoms with E-state index in [0.29, 0.717) is 17.0 Å². The Balaban J connectivity index is 1.93. The second-order valence-corrected chi connectivity index (χ2v) is 8.08. The second kappa shape index (κ2) is 8.88. The van der Waals surface area contributed by atoms with E-state index in [1.807, 2.05) is 38.1 Å². The number of amides is 2. The van der Waals surface area contributed by atoms with Gasteiger partial charge in [-0.1, -0.05) is 25.1 Å². The van der Waals surface area contributed by atoms with Crippen LogP contribution in [0.4, 0.5) is 5.69 Å². The largest absolute Gasteiger partial charge is 0.490 e. The van der Waals surface area contributed by atoms with E-state index < -0.39 is 11.8 Å². The SMILES string of the molecule is CCc1ccc(N2C(=O)C(=Cc3ccc(OC(C)C)c(Br)c3)C(=O)NC2=S)cc1. The minimum atomic E-state index is -0.514. The van der Waals surface area contributed by atoms with E-state index in [0.717, 1.165) is 16.5 Å². The predicted molar refractivity (Wildman–Crippen MR) is 122 cm³/mol. The molecule has 7 heteroatoms. The summed E-state index contributed by atoms with van der Waals surface area (Å²) in [4.78, 5) is 26.9. The number of nitrogens with zero attached hydrogens (tertiary/aromatic N) is 1. The molecule has 1 heterocycles.